The molecule has 0 amide bonds. The maximum Gasteiger partial charge on any atom is 0.149 e. The summed E-state index contributed by atoms with van der Waals surface area (Å²) in [6, 6.07) is 2.00. The van der Waals surface area contributed by atoms with E-state index >= 15 is 0 Å². The third-order valence-electron chi connectivity index (χ3n) is 1.31. The molecule has 0 saturated carbocycles. The van der Waals surface area contributed by atoms with Gasteiger partial charge in [0.05, 0.1) is 10.7 Å². The molecule has 0 aromatic carbocycles. The number of halogens is 1. The fourth-order valence-corrected chi connectivity index (χ4v) is 1.02. The number of pyridine rings is 1. The van der Waals surface area contributed by atoms with Gasteiger partial charge in [0, 0.05) is 12.2 Å². The van der Waals surface area contributed by atoms with Crippen LogP contribution in [0.4, 0.5) is 11.5 Å². The van der Waals surface area contributed by atoms with Gasteiger partial charge >= 0.3 is 0 Å². The number of rotatable bonds is 2. The summed E-state index contributed by atoms with van der Waals surface area (Å²) in [4.78, 5) is 4.05. The van der Waals surface area contributed by atoms with E-state index in [0.717, 1.165) is 0 Å². The van der Waals surface area contributed by atoms with Crippen molar-refractivity contribution in [3.05, 3.63) is 17.3 Å². The summed E-state index contributed by atoms with van der Waals surface area (Å²) in [5.41, 5.74) is 6.24. The van der Waals surface area contributed by atoms with Crippen LogP contribution in [0.15, 0.2) is 12.3 Å². The zero-order valence-corrected chi connectivity index (χ0v) is 7.89. The highest BCUT2D eigenvalue weighted by Crippen LogP contribution is 2.19. The van der Waals surface area contributed by atoms with Gasteiger partial charge in [-0.2, -0.15) is 0 Å². The Labute approximate surface area is 76.9 Å². The van der Waals surface area contributed by atoms with Crippen LogP contribution in [-0.2, 0) is 0 Å². The molecule has 0 aliphatic carbocycles. The molecule has 0 aliphatic heterocycles. The number of nitrogens with zero attached hydrogens (tertiary/aromatic N) is 1. The van der Waals surface area contributed by atoms with Crippen molar-refractivity contribution in [3.8, 4) is 0 Å². The minimum Gasteiger partial charge on any atom is -0.396 e. The van der Waals surface area contributed by atoms with Crippen LogP contribution in [0.5, 0.6) is 0 Å². The van der Waals surface area contributed by atoms with Crippen LogP contribution in [0.1, 0.15) is 13.8 Å². The monoisotopic (exact) mass is 185 g/mol. The Morgan fingerprint density at radius 3 is 2.75 bits per heavy atom. The molecule has 0 atom stereocenters. The summed E-state index contributed by atoms with van der Waals surface area (Å²) in [6.45, 7) is 4.05. The smallest absolute Gasteiger partial charge is 0.149 e. The zero-order valence-electron chi connectivity index (χ0n) is 7.13. The molecule has 0 spiro atoms. The van der Waals surface area contributed by atoms with E-state index in [1.807, 2.05) is 13.8 Å². The molecule has 1 rings (SSSR count). The Balaban J connectivity index is 2.86. The lowest BCUT2D eigenvalue weighted by Gasteiger charge is -2.10. The molecule has 0 aliphatic rings. The van der Waals surface area contributed by atoms with Crippen molar-refractivity contribution in [2.75, 3.05) is 11.1 Å². The summed E-state index contributed by atoms with van der Waals surface area (Å²) in [6.07, 6.45) is 1.57. The van der Waals surface area contributed by atoms with Crippen molar-refractivity contribution in [3.63, 3.8) is 0 Å². The van der Waals surface area contributed by atoms with Crippen molar-refractivity contribution in [1.82, 2.24) is 4.98 Å². The van der Waals surface area contributed by atoms with Crippen LogP contribution in [-0.4, -0.2) is 11.0 Å². The van der Waals surface area contributed by atoms with Crippen molar-refractivity contribution in [1.29, 1.82) is 0 Å². The third-order valence-corrected chi connectivity index (χ3v) is 1.52. The van der Waals surface area contributed by atoms with Crippen LogP contribution in [0.25, 0.3) is 0 Å². The molecule has 66 valence electrons. The molecular formula is C8H12ClN3. The van der Waals surface area contributed by atoms with Gasteiger partial charge in [0.2, 0.25) is 0 Å². The van der Waals surface area contributed by atoms with Crippen LogP contribution in [0.3, 0.4) is 0 Å². The zero-order chi connectivity index (χ0) is 9.14. The van der Waals surface area contributed by atoms with Gasteiger partial charge < -0.3 is 11.1 Å². The summed E-state index contributed by atoms with van der Waals surface area (Å²) >= 11 is 5.68. The molecule has 12 heavy (non-hydrogen) atoms. The molecule has 4 heteroatoms. The summed E-state index contributed by atoms with van der Waals surface area (Å²) in [5.74, 6) is 0.689. The maximum atomic E-state index is 5.68. The predicted octanol–water partition coefficient (Wildman–Crippen LogP) is 2.14. The largest absolute Gasteiger partial charge is 0.396 e. The number of anilines is 2. The van der Waals surface area contributed by atoms with E-state index in [1.165, 1.54) is 0 Å². The van der Waals surface area contributed by atoms with Gasteiger partial charge in [-0.25, -0.2) is 4.98 Å². The summed E-state index contributed by atoms with van der Waals surface area (Å²) in [7, 11) is 0. The highest BCUT2D eigenvalue weighted by molar-refractivity contribution is 6.30. The standard InChI is InChI=1S/C8H12ClN3/c1-5(2)12-8-7(10)3-6(9)4-11-8/h3-5H,10H2,1-2H3,(H,11,12). The van der Waals surface area contributed by atoms with E-state index < -0.39 is 0 Å². The lowest BCUT2D eigenvalue weighted by molar-refractivity contribution is 0.890. The molecule has 3 N–H and O–H groups in total. The first kappa shape index (κ1) is 9.13. The molecule has 1 aromatic rings. The normalized spacial score (nSPS) is 10.3. The van der Waals surface area contributed by atoms with Crippen molar-refractivity contribution in [2.24, 2.45) is 0 Å². The molecule has 0 bridgehead atoms. The topological polar surface area (TPSA) is 50.9 Å². The lowest BCUT2D eigenvalue weighted by Crippen LogP contribution is -2.12. The number of hydrogen-bond acceptors (Lipinski definition) is 3. The van der Waals surface area contributed by atoms with E-state index in [-0.39, 0.29) is 0 Å². The minimum atomic E-state index is 0.320. The Kier molecular flexibility index (Phi) is 2.76. The van der Waals surface area contributed by atoms with Gasteiger partial charge in [0.25, 0.3) is 0 Å². The molecule has 1 heterocycles. The van der Waals surface area contributed by atoms with E-state index in [2.05, 4.69) is 10.3 Å². The number of nitrogens with one attached hydrogen (secondary N) is 1. The summed E-state index contributed by atoms with van der Waals surface area (Å²) < 4.78 is 0. The fourth-order valence-electron chi connectivity index (χ4n) is 0.849. The number of aromatic nitrogens is 1. The Morgan fingerprint density at radius 2 is 2.25 bits per heavy atom. The molecule has 0 radical (unpaired) electrons. The average molecular weight is 186 g/mol. The molecule has 1 aromatic heterocycles. The van der Waals surface area contributed by atoms with Gasteiger partial charge in [-0.3, -0.25) is 0 Å². The van der Waals surface area contributed by atoms with Crippen LogP contribution in [0, 0.1) is 0 Å². The fraction of sp³-hybridized carbons (Fsp3) is 0.375. The number of hydrogen-bond donors (Lipinski definition) is 2. The lowest BCUT2D eigenvalue weighted by atomic mass is 10.3. The second-order valence-electron chi connectivity index (χ2n) is 2.89. The van der Waals surface area contributed by atoms with Crippen LogP contribution in [0.2, 0.25) is 5.02 Å². The first-order chi connectivity index (χ1) is 5.59. The van der Waals surface area contributed by atoms with E-state index in [4.69, 9.17) is 17.3 Å². The Morgan fingerprint density at radius 1 is 1.58 bits per heavy atom. The maximum absolute atomic E-state index is 5.68. The van der Waals surface area contributed by atoms with Gasteiger partial charge in [-0.15, -0.1) is 0 Å². The van der Waals surface area contributed by atoms with Crippen molar-refractivity contribution < 1.29 is 0 Å². The summed E-state index contributed by atoms with van der Waals surface area (Å²) in [5, 5.41) is 3.66. The minimum absolute atomic E-state index is 0.320. The van der Waals surface area contributed by atoms with E-state index in [0.29, 0.717) is 22.6 Å². The number of nitrogen functional groups attached to an aromatic ring is 1. The van der Waals surface area contributed by atoms with Crippen LogP contribution < -0.4 is 11.1 Å². The molecule has 0 saturated heterocycles. The van der Waals surface area contributed by atoms with Gasteiger partial charge in [-0.05, 0) is 19.9 Å². The molecular weight excluding hydrogens is 174 g/mol. The van der Waals surface area contributed by atoms with Crippen LogP contribution >= 0.6 is 11.6 Å². The second-order valence-corrected chi connectivity index (χ2v) is 3.33. The second kappa shape index (κ2) is 3.63. The Hall–Kier alpha value is -0.960. The van der Waals surface area contributed by atoms with Gasteiger partial charge in [-0.1, -0.05) is 11.6 Å². The van der Waals surface area contributed by atoms with Gasteiger partial charge in [0.15, 0.2) is 0 Å². The first-order valence-corrected chi connectivity index (χ1v) is 4.15. The van der Waals surface area contributed by atoms with E-state index in [1.54, 1.807) is 12.3 Å². The molecule has 0 fully saturated rings. The average Bonchev–Trinajstić information content (AvgIpc) is 1.94. The third kappa shape index (κ3) is 2.27. The van der Waals surface area contributed by atoms with Gasteiger partial charge in [0.1, 0.15) is 5.82 Å². The predicted molar refractivity (Wildman–Crippen MR) is 52.4 cm³/mol. The SMILES string of the molecule is CC(C)Nc1ncc(Cl)cc1N. The van der Waals surface area contributed by atoms with Crippen molar-refractivity contribution >= 4 is 23.1 Å². The van der Waals surface area contributed by atoms with E-state index in [9.17, 15) is 0 Å². The first-order valence-electron chi connectivity index (χ1n) is 3.77. The highest BCUT2D eigenvalue weighted by atomic mass is 35.5. The Bertz CT molecular complexity index is 273. The highest BCUT2D eigenvalue weighted by Gasteiger charge is 2.01. The quantitative estimate of drug-likeness (QED) is 0.742. The number of nitrogens with two attached hydrogens (primary N) is 1. The van der Waals surface area contributed by atoms with Crippen molar-refractivity contribution in [2.45, 2.75) is 19.9 Å². The molecule has 0 unspecified atom stereocenters. The molecule has 3 nitrogen and oxygen atoms in total.